The van der Waals surface area contributed by atoms with Crippen LogP contribution in [0.3, 0.4) is 0 Å². The maximum absolute atomic E-state index is 11.0. The van der Waals surface area contributed by atoms with Crippen LogP contribution in [0.4, 0.5) is 5.69 Å². The van der Waals surface area contributed by atoms with Crippen molar-refractivity contribution in [2.24, 2.45) is 5.73 Å². The molecule has 110 valence electrons. The van der Waals surface area contributed by atoms with Crippen LogP contribution in [0.25, 0.3) is 0 Å². The molecule has 0 heterocycles. The number of benzene rings is 2. The number of nitro benzene ring substituents is 1. The predicted octanol–water partition coefficient (Wildman–Crippen LogP) is 3.32. The van der Waals surface area contributed by atoms with E-state index in [0.29, 0.717) is 12.0 Å². The van der Waals surface area contributed by atoms with E-state index in [1.807, 2.05) is 6.07 Å². The van der Waals surface area contributed by atoms with Gasteiger partial charge in [-0.3, -0.25) is 10.1 Å². The van der Waals surface area contributed by atoms with E-state index in [0.717, 1.165) is 12.0 Å². The smallest absolute Gasteiger partial charge is 0.272 e. The quantitative estimate of drug-likeness (QED) is 0.676. The van der Waals surface area contributed by atoms with E-state index in [1.165, 1.54) is 17.2 Å². The van der Waals surface area contributed by atoms with Crippen molar-refractivity contribution in [2.75, 3.05) is 0 Å². The lowest BCUT2D eigenvalue weighted by molar-refractivity contribution is -0.385. The van der Waals surface area contributed by atoms with Crippen LogP contribution in [-0.4, -0.2) is 11.0 Å². The number of hydrogen-bond acceptors (Lipinski definition) is 3. The number of aryl methyl sites for hydroxylation is 1. The maximum atomic E-state index is 11.0. The van der Waals surface area contributed by atoms with Crippen molar-refractivity contribution in [1.82, 2.24) is 0 Å². The first-order valence-electron chi connectivity index (χ1n) is 7.01. The number of nitro groups is 1. The van der Waals surface area contributed by atoms with E-state index in [9.17, 15) is 10.1 Å². The summed E-state index contributed by atoms with van der Waals surface area (Å²) in [5.41, 5.74) is 10.4. The summed E-state index contributed by atoms with van der Waals surface area (Å²) in [6.45, 7) is 3.84. The van der Waals surface area contributed by atoms with Crippen molar-refractivity contribution in [3.63, 3.8) is 0 Å². The molecule has 0 bridgehead atoms. The van der Waals surface area contributed by atoms with Gasteiger partial charge in [0, 0.05) is 17.7 Å². The summed E-state index contributed by atoms with van der Waals surface area (Å²) in [6.07, 6.45) is 1.41. The molecule has 0 amide bonds. The fourth-order valence-corrected chi connectivity index (χ4v) is 2.47. The van der Waals surface area contributed by atoms with Crippen molar-refractivity contribution in [3.05, 3.63) is 74.8 Å². The van der Waals surface area contributed by atoms with Crippen LogP contribution in [0.5, 0.6) is 0 Å². The number of nitrogens with two attached hydrogens (primary N) is 1. The molecule has 2 N–H and O–H groups in total. The summed E-state index contributed by atoms with van der Waals surface area (Å²) in [6, 6.07) is 13.4. The van der Waals surface area contributed by atoms with Gasteiger partial charge < -0.3 is 5.73 Å². The molecular formula is C17H20N2O2. The average molecular weight is 284 g/mol. The fraction of sp³-hybridized carbons (Fsp3) is 0.294. The third-order valence-electron chi connectivity index (χ3n) is 3.71. The molecule has 1 unspecified atom stereocenters. The summed E-state index contributed by atoms with van der Waals surface area (Å²) in [5, 5.41) is 11.0. The van der Waals surface area contributed by atoms with Gasteiger partial charge in [0.05, 0.1) is 4.92 Å². The Morgan fingerprint density at radius 2 is 1.76 bits per heavy atom. The Balaban J connectivity index is 2.09. The number of hydrogen-bond donors (Lipinski definition) is 1. The molecule has 1 atom stereocenters. The van der Waals surface area contributed by atoms with Gasteiger partial charge in [0.15, 0.2) is 0 Å². The van der Waals surface area contributed by atoms with E-state index in [-0.39, 0.29) is 16.7 Å². The minimum Gasteiger partial charge on any atom is -0.327 e. The van der Waals surface area contributed by atoms with Crippen LogP contribution in [-0.2, 0) is 12.8 Å². The normalized spacial score (nSPS) is 12.1. The van der Waals surface area contributed by atoms with Gasteiger partial charge >= 0.3 is 0 Å². The van der Waals surface area contributed by atoms with Gasteiger partial charge in [0.1, 0.15) is 0 Å². The molecule has 0 spiro atoms. The van der Waals surface area contributed by atoms with E-state index in [4.69, 9.17) is 5.73 Å². The predicted molar refractivity (Wildman–Crippen MR) is 84.4 cm³/mol. The second kappa shape index (κ2) is 6.50. The fourth-order valence-electron chi connectivity index (χ4n) is 2.47. The van der Waals surface area contributed by atoms with Gasteiger partial charge in [-0.25, -0.2) is 0 Å². The standard InChI is InChI=1S/C17H20N2O2/c1-12-6-8-14(9-7-12)10-16(18)11-15-4-3-5-17(13(15)2)19(20)21/h3-9,16H,10-11,18H2,1-2H3. The molecule has 0 radical (unpaired) electrons. The minimum atomic E-state index is -0.343. The molecule has 0 aliphatic heterocycles. The Morgan fingerprint density at radius 1 is 1.10 bits per heavy atom. The van der Waals surface area contributed by atoms with Gasteiger partial charge in [-0.1, -0.05) is 42.0 Å². The lowest BCUT2D eigenvalue weighted by Gasteiger charge is -2.14. The van der Waals surface area contributed by atoms with Crippen LogP contribution in [0.1, 0.15) is 22.3 Å². The Hall–Kier alpha value is -2.20. The molecule has 0 aliphatic rings. The zero-order valence-corrected chi connectivity index (χ0v) is 12.4. The van der Waals surface area contributed by atoms with Crippen LogP contribution in [0, 0.1) is 24.0 Å². The third-order valence-corrected chi connectivity index (χ3v) is 3.71. The third kappa shape index (κ3) is 3.89. The van der Waals surface area contributed by atoms with Crippen LogP contribution < -0.4 is 5.73 Å². The summed E-state index contributed by atoms with van der Waals surface area (Å²) in [7, 11) is 0. The van der Waals surface area contributed by atoms with Crippen molar-refractivity contribution in [1.29, 1.82) is 0 Å². The largest absolute Gasteiger partial charge is 0.327 e. The maximum Gasteiger partial charge on any atom is 0.272 e. The second-order valence-electron chi connectivity index (χ2n) is 5.47. The highest BCUT2D eigenvalue weighted by Crippen LogP contribution is 2.22. The molecule has 4 heteroatoms. The van der Waals surface area contributed by atoms with Gasteiger partial charge in [0.2, 0.25) is 0 Å². The minimum absolute atomic E-state index is 0.0478. The number of rotatable bonds is 5. The Labute approximate surface area is 124 Å². The van der Waals surface area contributed by atoms with Crippen LogP contribution in [0.15, 0.2) is 42.5 Å². The van der Waals surface area contributed by atoms with E-state index < -0.39 is 0 Å². The summed E-state index contributed by atoms with van der Waals surface area (Å²) in [4.78, 5) is 10.6. The first-order chi connectivity index (χ1) is 9.97. The molecule has 0 fully saturated rings. The van der Waals surface area contributed by atoms with Crippen molar-refractivity contribution >= 4 is 5.69 Å². The molecular weight excluding hydrogens is 264 g/mol. The zero-order valence-electron chi connectivity index (χ0n) is 12.4. The Bertz CT molecular complexity index is 636. The highest BCUT2D eigenvalue weighted by atomic mass is 16.6. The van der Waals surface area contributed by atoms with Crippen molar-refractivity contribution < 1.29 is 4.92 Å². The first kappa shape index (κ1) is 15.2. The molecule has 2 rings (SSSR count). The first-order valence-corrected chi connectivity index (χ1v) is 7.01. The number of nitrogens with zero attached hydrogens (tertiary/aromatic N) is 1. The zero-order chi connectivity index (χ0) is 15.4. The van der Waals surface area contributed by atoms with Crippen molar-refractivity contribution in [2.45, 2.75) is 32.7 Å². The Kier molecular flexibility index (Phi) is 4.70. The monoisotopic (exact) mass is 284 g/mol. The van der Waals surface area contributed by atoms with E-state index in [2.05, 4.69) is 31.2 Å². The summed E-state index contributed by atoms with van der Waals surface area (Å²) >= 11 is 0. The highest BCUT2D eigenvalue weighted by Gasteiger charge is 2.15. The molecule has 2 aromatic rings. The van der Waals surface area contributed by atoms with Crippen molar-refractivity contribution in [3.8, 4) is 0 Å². The van der Waals surface area contributed by atoms with Crippen LogP contribution in [0.2, 0.25) is 0 Å². The molecule has 0 saturated carbocycles. The molecule has 2 aromatic carbocycles. The average Bonchev–Trinajstić information content (AvgIpc) is 2.43. The molecule has 4 nitrogen and oxygen atoms in total. The van der Waals surface area contributed by atoms with E-state index in [1.54, 1.807) is 13.0 Å². The molecule has 21 heavy (non-hydrogen) atoms. The van der Waals surface area contributed by atoms with Gasteiger partial charge in [-0.2, -0.15) is 0 Å². The van der Waals surface area contributed by atoms with Gasteiger partial charge in [-0.05, 0) is 37.8 Å². The summed E-state index contributed by atoms with van der Waals surface area (Å²) in [5.74, 6) is 0. The lowest BCUT2D eigenvalue weighted by atomic mass is 9.96. The van der Waals surface area contributed by atoms with E-state index >= 15 is 0 Å². The summed E-state index contributed by atoms with van der Waals surface area (Å²) < 4.78 is 0. The SMILES string of the molecule is Cc1ccc(CC(N)Cc2cccc([N+](=O)[O-])c2C)cc1. The Morgan fingerprint density at radius 3 is 2.38 bits per heavy atom. The molecule has 0 saturated heterocycles. The van der Waals surface area contributed by atoms with Gasteiger partial charge in [-0.15, -0.1) is 0 Å². The second-order valence-corrected chi connectivity index (χ2v) is 5.47. The van der Waals surface area contributed by atoms with Crippen LogP contribution >= 0.6 is 0 Å². The highest BCUT2D eigenvalue weighted by molar-refractivity contribution is 5.44. The lowest BCUT2D eigenvalue weighted by Crippen LogP contribution is -2.26. The topological polar surface area (TPSA) is 69.2 Å². The van der Waals surface area contributed by atoms with Gasteiger partial charge in [0.25, 0.3) is 5.69 Å². The molecule has 0 aliphatic carbocycles. The molecule has 0 aromatic heterocycles.